The van der Waals surface area contributed by atoms with Gasteiger partial charge in [-0.25, -0.2) is 4.79 Å². The van der Waals surface area contributed by atoms with Crippen LogP contribution in [0, 0.1) is 10.1 Å². The van der Waals surface area contributed by atoms with Gasteiger partial charge in [-0.2, -0.15) is 0 Å². The Bertz CT molecular complexity index is 1480. The van der Waals surface area contributed by atoms with Crippen LogP contribution in [-0.4, -0.2) is 29.9 Å². The molecule has 0 aliphatic heterocycles. The van der Waals surface area contributed by atoms with Crippen molar-refractivity contribution in [2.45, 2.75) is 123 Å². The molecule has 0 saturated heterocycles. The predicted octanol–water partition coefficient (Wildman–Crippen LogP) is 12.1. The van der Waals surface area contributed by atoms with Crippen molar-refractivity contribution in [3.05, 3.63) is 99.6 Å². The molecule has 0 unspecified atom stereocenters. The number of esters is 1. The molecule has 0 aliphatic carbocycles. The summed E-state index contributed by atoms with van der Waals surface area (Å²) in [6.07, 6.45) is 25.2. The van der Waals surface area contributed by atoms with E-state index in [9.17, 15) is 19.7 Å². The van der Waals surface area contributed by atoms with Gasteiger partial charge >= 0.3 is 11.7 Å². The zero-order valence-electron chi connectivity index (χ0n) is 30.7. The zero-order valence-corrected chi connectivity index (χ0v) is 30.7. The van der Waals surface area contributed by atoms with Crippen molar-refractivity contribution in [1.29, 1.82) is 0 Å². The number of benzene rings is 3. The highest BCUT2D eigenvalue weighted by Crippen LogP contribution is 2.29. The maximum atomic E-state index is 12.9. The number of hydrogen-bond donors (Lipinski definition) is 0. The molecule has 0 aromatic heterocycles. The normalized spacial score (nSPS) is 11.1. The quantitative estimate of drug-likeness (QED) is 0.0148. The van der Waals surface area contributed by atoms with Crippen LogP contribution in [0.2, 0.25) is 0 Å². The number of hydrogen-bond acceptors (Lipinski definition) is 7. The van der Waals surface area contributed by atoms with Gasteiger partial charge in [-0.3, -0.25) is 14.9 Å². The number of allylic oxidation sites excluding steroid dienone is 1. The van der Waals surface area contributed by atoms with Crippen molar-refractivity contribution in [2.24, 2.45) is 0 Å². The average Bonchev–Trinajstić information content (AvgIpc) is 3.15. The molecule has 0 N–H and O–H groups in total. The summed E-state index contributed by atoms with van der Waals surface area (Å²) >= 11 is 0. The van der Waals surface area contributed by atoms with Gasteiger partial charge in [-0.05, 0) is 73.0 Å². The molecule has 0 saturated carbocycles. The Hall–Kier alpha value is -4.46. The van der Waals surface area contributed by atoms with Crippen molar-refractivity contribution in [2.75, 3.05) is 13.2 Å². The molecule has 0 radical (unpaired) electrons. The topological polar surface area (TPSA) is 105 Å². The highest BCUT2D eigenvalue weighted by molar-refractivity contribution is 6.07. The molecule has 0 bridgehead atoms. The summed E-state index contributed by atoms with van der Waals surface area (Å²) in [6, 6.07) is 17.6. The van der Waals surface area contributed by atoms with Crippen molar-refractivity contribution in [3.63, 3.8) is 0 Å². The van der Waals surface area contributed by atoms with Crippen LogP contribution in [0.3, 0.4) is 0 Å². The lowest BCUT2D eigenvalue weighted by Crippen LogP contribution is -2.10. The monoisotopic (exact) mass is 699 g/mol. The molecule has 3 aromatic rings. The summed E-state index contributed by atoms with van der Waals surface area (Å²) in [5.41, 5.74) is 0.641. The van der Waals surface area contributed by atoms with Crippen LogP contribution < -0.4 is 14.2 Å². The van der Waals surface area contributed by atoms with Crippen LogP contribution in [0.4, 0.5) is 5.69 Å². The summed E-state index contributed by atoms with van der Waals surface area (Å²) in [7, 11) is 0. The van der Waals surface area contributed by atoms with E-state index in [-0.39, 0.29) is 16.9 Å². The van der Waals surface area contributed by atoms with Gasteiger partial charge in [0.25, 0.3) is 0 Å². The van der Waals surface area contributed by atoms with E-state index in [4.69, 9.17) is 14.2 Å². The van der Waals surface area contributed by atoms with Gasteiger partial charge in [-0.15, -0.1) is 0 Å². The summed E-state index contributed by atoms with van der Waals surface area (Å²) in [5, 5.41) is 11.8. The Kier molecular flexibility index (Phi) is 19.8. The molecule has 276 valence electrons. The molecule has 0 heterocycles. The van der Waals surface area contributed by atoms with Crippen LogP contribution in [-0.2, 0) is 0 Å². The molecular weight excluding hydrogens is 642 g/mol. The summed E-state index contributed by atoms with van der Waals surface area (Å²) in [4.78, 5) is 36.6. The Labute approximate surface area is 304 Å². The lowest BCUT2D eigenvalue weighted by atomic mass is 10.0. The summed E-state index contributed by atoms with van der Waals surface area (Å²) < 4.78 is 16.7. The van der Waals surface area contributed by atoms with Crippen molar-refractivity contribution >= 4 is 23.5 Å². The Balaban J connectivity index is 1.32. The van der Waals surface area contributed by atoms with Gasteiger partial charge in [0.15, 0.2) is 5.78 Å². The van der Waals surface area contributed by atoms with E-state index in [1.807, 2.05) is 31.2 Å². The maximum Gasteiger partial charge on any atom is 0.343 e. The second kappa shape index (κ2) is 24.6. The van der Waals surface area contributed by atoms with E-state index in [2.05, 4.69) is 6.92 Å². The van der Waals surface area contributed by atoms with Gasteiger partial charge in [-0.1, -0.05) is 128 Å². The van der Waals surface area contributed by atoms with Crippen molar-refractivity contribution < 1.29 is 28.7 Å². The molecular formula is C43H57NO7. The summed E-state index contributed by atoms with van der Waals surface area (Å²) in [6.45, 7) is 5.49. The molecule has 51 heavy (non-hydrogen) atoms. The first-order valence-electron chi connectivity index (χ1n) is 19.1. The third kappa shape index (κ3) is 16.4. The average molecular weight is 700 g/mol. The molecule has 0 aliphatic rings. The number of unbranched alkanes of at least 4 members (excludes halogenated alkanes) is 15. The standard InChI is InChI=1S/C43H57NO7/c1-3-5-6-7-8-9-10-11-12-13-14-15-16-17-18-19-33-50-38-26-20-35(21-27-38)22-30-41(45)37-25-31-42(40(34-37)44(47)48)51-43(46)36-23-28-39(29-24-36)49-32-4-2/h20-31,34H,3-19,32-33H2,1-2H3/b30-22+. The van der Waals surface area contributed by atoms with Gasteiger partial charge in [0.2, 0.25) is 5.75 Å². The van der Waals surface area contributed by atoms with Crippen LogP contribution in [0.25, 0.3) is 6.08 Å². The number of carbonyl (C=O) groups is 2. The van der Waals surface area contributed by atoms with Crippen LogP contribution in [0.5, 0.6) is 17.2 Å². The van der Waals surface area contributed by atoms with Crippen LogP contribution in [0.1, 0.15) is 149 Å². The lowest BCUT2D eigenvalue weighted by molar-refractivity contribution is -0.385. The zero-order chi connectivity index (χ0) is 36.5. The molecule has 8 heteroatoms. The number of nitrogens with zero attached hydrogens (tertiary/aromatic N) is 1. The highest BCUT2D eigenvalue weighted by atomic mass is 16.6. The minimum Gasteiger partial charge on any atom is -0.494 e. The number of carbonyl (C=O) groups excluding carboxylic acids is 2. The summed E-state index contributed by atoms with van der Waals surface area (Å²) in [5.74, 6) is -0.0210. The molecule has 0 fully saturated rings. The lowest BCUT2D eigenvalue weighted by Gasteiger charge is -2.08. The maximum absolute atomic E-state index is 12.9. The van der Waals surface area contributed by atoms with E-state index in [0.717, 1.165) is 30.2 Å². The number of ketones is 1. The smallest absolute Gasteiger partial charge is 0.343 e. The largest absolute Gasteiger partial charge is 0.494 e. The van der Waals surface area contributed by atoms with E-state index in [1.165, 1.54) is 127 Å². The van der Waals surface area contributed by atoms with Crippen molar-refractivity contribution in [1.82, 2.24) is 0 Å². The molecule has 0 atom stereocenters. The van der Waals surface area contributed by atoms with E-state index < -0.39 is 22.4 Å². The Morgan fingerprint density at radius 1 is 0.608 bits per heavy atom. The minimum absolute atomic E-state index is 0.105. The number of nitro groups is 1. The fraction of sp³-hybridized carbons (Fsp3) is 0.488. The second-order valence-electron chi connectivity index (χ2n) is 13.1. The van der Waals surface area contributed by atoms with Crippen LogP contribution >= 0.6 is 0 Å². The van der Waals surface area contributed by atoms with Gasteiger partial charge in [0.05, 0.1) is 23.7 Å². The number of nitro benzene ring substituents is 1. The molecule has 3 rings (SSSR count). The second-order valence-corrected chi connectivity index (χ2v) is 13.1. The molecule has 3 aromatic carbocycles. The molecule has 8 nitrogen and oxygen atoms in total. The van der Waals surface area contributed by atoms with Crippen molar-refractivity contribution in [3.8, 4) is 17.2 Å². The SMILES string of the molecule is CCCCCCCCCCCCCCCCCCOc1ccc(/C=C/C(=O)c2ccc(OC(=O)c3ccc(OCCC)cc3)c([N+](=O)[O-])c2)cc1. The van der Waals surface area contributed by atoms with Gasteiger partial charge in [0.1, 0.15) is 11.5 Å². The molecule has 0 spiro atoms. The van der Waals surface area contributed by atoms with Crippen LogP contribution in [0.15, 0.2) is 72.8 Å². The first kappa shape index (κ1) is 41.0. The first-order valence-corrected chi connectivity index (χ1v) is 19.1. The Morgan fingerprint density at radius 3 is 1.63 bits per heavy atom. The number of rotatable bonds is 27. The number of ether oxygens (including phenoxy) is 3. The Morgan fingerprint density at radius 2 is 1.10 bits per heavy atom. The van der Waals surface area contributed by atoms with Gasteiger partial charge < -0.3 is 14.2 Å². The highest BCUT2D eigenvalue weighted by Gasteiger charge is 2.21. The fourth-order valence-corrected chi connectivity index (χ4v) is 5.75. The third-order valence-electron chi connectivity index (χ3n) is 8.78. The predicted molar refractivity (Wildman–Crippen MR) is 205 cm³/mol. The van der Waals surface area contributed by atoms with Gasteiger partial charge in [0, 0.05) is 11.6 Å². The molecule has 0 amide bonds. The van der Waals surface area contributed by atoms with E-state index >= 15 is 0 Å². The minimum atomic E-state index is -0.753. The third-order valence-corrected chi connectivity index (χ3v) is 8.78. The van der Waals surface area contributed by atoms with E-state index in [0.29, 0.717) is 19.0 Å². The van der Waals surface area contributed by atoms with E-state index in [1.54, 1.807) is 18.2 Å². The fourth-order valence-electron chi connectivity index (χ4n) is 5.75. The first-order chi connectivity index (χ1) is 24.9.